The van der Waals surface area contributed by atoms with Gasteiger partial charge >= 0.3 is 0 Å². The molecule has 0 aromatic heterocycles. The molecule has 1 fully saturated rings. The molecule has 1 heterocycles. The Kier molecular flexibility index (Phi) is 6.61. The van der Waals surface area contributed by atoms with Crippen LogP contribution in [0.15, 0.2) is 40.9 Å². The van der Waals surface area contributed by atoms with Crippen molar-refractivity contribution >= 4 is 50.9 Å². The minimum atomic E-state index is -0.137. The van der Waals surface area contributed by atoms with Crippen LogP contribution in [0.4, 0.5) is 5.69 Å². The second kappa shape index (κ2) is 8.76. The second-order valence-electron chi connectivity index (χ2n) is 6.33. The van der Waals surface area contributed by atoms with Crippen LogP contribution in [0.5, 0.6) is 11.5 Å². The molecular formula is C20H21BrClNO3S. The summed E-state index contributed by atoms with van der Waals surface area (Å²) < 4.78 is 12.5. The summed E-state index contributed by atoms with van der Waals surface area (Å²) in [4.78, 5) is 14.4. The maximum Gasteiger partial charge on any atom is 0.238 e. The number of halogens is 2. The molecule has 1 atom stereocenters. The van der Waals surface area contributed by atoms with Crippen molar-refractivity contribution in [1.82, 2.24) is 0 Å². The summed E-state index contributed by atoms with van der Waals surface area (Å²) in [5.74, 6) is 1.86. The Morgan fingerprint density at radius 3 is 2.63 bits per heavy atom. The Morgan fingerprint density at radius 2 is 2.00 bits per heavy atom. The van der Waals surface area contributed by atoms with Gasteiger partial charge in [-0.2, -0.15) is 0 Å². The van der Waals surface area contributed by atoms with Gasteiger partial charge in [0.25, 0.3) is 0 Å². The van der Waals surface area contributed by atoms with Gasteiger partial charge in [-0.1, -0.05) is 11.6 Å². The molecule has 7 heteroatoms. The van der Waals surface area contributed by atoms with Crippen LogP contribution < -0.4 is 14.4 Å². The van der Waals surface area contributed by atoms with Crippen molar-refractivity contribution in [3.8, 4) is 11.5 Å². The smallest absolute Gasteiger partial charge is 0.238 e. The number of benzene rings is 2. The molecule has 144 valence electrons. The molecule has 0 unspecified atom stereocenters. The summed E-state index contributed by atoms with van der Waals surface area (Å²) in [6.07, 6.45) is 0.0272. The van der Waals surface area contributed by atoms with E-state index in [0.717, 1.165) is 15.7 Å². The van der Waals surface area contributed by atoms with Gasteiger partial charge in [0.2, 0.25) is 5.91 Å². The van der Waals surface area contributed by atoms with E-state index in [1.165, 1.54) is 0 Å². The molecule has 0 aliphatic carbocycles. The number of carbonyl (C=O) groups excluding carboxylic acids is 1. The number of hydrogen-bond donors (Lipinski definition) is 0. The lowest BCUT2D eigenvalue weighted by Crippen LogP contribution is -2.27. The standard InChI is InChI=1S/C20H21BrClNO3S/c1-4-25-17-10-13(9-16(21)19(17)26-12(2)3)20-23(18(24)11-27-20)15-7-5-14(22)6-8-15/h5-10,12,20H,4,11H2,1-3H3/t20-/m1/s1. The number of carbonyl (C=O) groups is 1. The van der Waals surface area contributed by atoms with Crippen LogP contribution >= 0.6 is 39.3 Å². The first-order chi connectivity index (χ1) is 12.9. The van der Waals surface area contributed by atoms with Crippen molar-refractivity contribution in [2.45, 2.75) is 32.2 Å². The third kappa shape index (κ3) is 4.55. The van der Waals surface area contributed by atoms with E-state index in [4.69, 9.17) is 21.1 Å². The highest BCUT2D eigenvalue weighted by Gasteiger charge is 2.35. The molecular weight excluding hydrogens is 450 g/mol. The molecule has 1 saturated heterocycles. The molecule has 4 nitrogen and oxygen atoms in total. The van der Waals surface area contributed by atoms with E-state index in [9.17, 15) is 4.79 Å². The zero-order chi connectivity index (χ0) is 19.6. The number of rotatable bonds is 6. The first-order valence-electron chi connectivity index (χ1n) is 8.72. The third-order valence-corrected chi connectivity index (χ3v) is 6.00. The Labute approximate surface area is 177 Å². The molecule has 0 spiro atoms. The fraction of sp³-hybridized carbons (Fsp3) is 0.350. The Bertz CT molecular complexity index is 829. The molecule has 0 radical (unpaired) electrons. The van der Waals surface area contributed by atoms with Gasteiger partial charge in [-0.05, 0) is 78.7 Å². The maximum atomic E-state index is 12.6. The lowest BCUT2D eigenvalue weighted by atomic mass is 10.1. The number of ether oxygens (including phenoxy) is 2. The lowest BCUT2D eigenvalue weighted by molar-refractivity contribution is -0.115. The van der Waals surface area contributed by atoms with Crippen LogP contribution in [0, 0.1) is 0 Å². The van der Waals surface area contributed by atoms with Crippen molar-refractivity contribution in [3.05, 3.63) is 51.5 Å². The molecule has 27 heavy (non-hydrogen) atoms. The third-order valence-electron chi connectivity index (χ3n) is 3.94. The summed E-state index contributed by atoms with van der Waals surface area (Å²) in [6, 6.07) is 11.3. The lowest BCUT2D eigenvalue weighted by Gasteiger charge is -2.26. The highest BCUT2D eigenvalue weighted by atomic mass is 79.9. The SMILES string of the molecule is CCOc1cc([C@H]2SCC(=O)N2c2ccc(Cl)cc2)cc(Br)c1OC(C)C. The number of thioether (sulfide) groups is 1. The number of anilines is 1. The van der Waals surface area contributed by atoms with Gasteiger partial charge in [-0.25, -0.2) is 0 Å². The fourth-order valence-corrected chi connectivity index (χ4v) is 4.73. The van der Waals surface area contributed by atoms with Crippen LogP contribution in [0.3, 0.4) is 0 Å². The van der Waals surface area contributed by atoms with E-state index >= 15 is 0 Å². The zero-order valence-corrected chi connectivity index (χ0v) is 18.5. The van der Waals surface area contributed by atoms with Crippen LogP contribution in [0.1, 0.15) is 31.7 Å². The Hall–Kier alpha value is -1.37. The molecule has 1 aliphatic rings. The molecule has 0 bridgehead atoms. The van der Waals surface area contributed by atoms with Gasteiger partial charge in [-0.15, -0.1) is 11.8 Å². The van der Waals surface area contributed by atoms with E-state index in [0.29, 0.717) is 28.9 Å². The average molecular weight is 471 g/mol. The first-order valence-corrected chi connectivity index (χ1v) is 10.9. The van der Waals surface area contributed by atoms with Crippen molar-refractivity contribution in [1.29, 1.82) is 0 Å². The summed E-state index contributed by atoms with van der Waals surface area (Å²) in [5.41, 5.74) is 1.81. The summed E-state index contributed by atoms with van der Waals surface area (Å²) in [5, 5.41) is 0.508. The maximum absolute atomic E-state index is 12.6. The largest absolute Gasteiger partial charge is 0.490 e. The molecule has 0 N–H and O–H groups in total. The number of hydrogen-bond acceptors (Lipinski definition) is 4. The highest BCUT2D eigenvalue weighted by molar-refractivity contribution is 9.10. The van der Waals surface area contributed by atoms with Crippen LogP contribution in [0.25, 0.3) is 0 Å². The van der Waals surface area contributed by atoms with E-state index in [1.54, 1.807) is 23.9 Å². The quantitative estimate of drug-likeness (QED) is 0.514. The van der Waals surface area contributed by atoms with Gasteiger partial charge in [0.1, 0.15) is 5.37 Å². The van der Waals surface area contributed by atoms with Crippen molar-refractivity contribution in [3.63, 3.8) is 0 Å². The van der Waals surface area contributed by atoms with Crippen molar-refractivity contribution in [2.24, 2.45) is 0 Å². The van der Waals surface area contributed by atoms with Gasteiger partial charge in [0.05, 0.1) is 22.9 Å². The predicted molar refractivity (Wildman–Crippen MR) is 115 cm³/mol. The van der Waals surface area contributed by atoms with Crippen LogP contribution in [-0.4, -0.2) is 24.4 Å². The van der Waals surface area contributed by atoms with Crippen LogP contribution in [0.2, 0.25) is 5.02 Å². The van der Waals surface area contributed by atoms with Crippen molar-refractivity contribution in [2.75, 3.05) is 17.3 Å². The Morgan fingerprint density at radius 1 is 1.30 bits per heavy atom. The average Bonchev–Trinajstić information content (AvgIpc) is 3.00. The zero-order valence-electron chi connectivity index (χ0n) is 15.4. The summed E-state index contributed by atoms with van der Waals surface area (Å²) in [6.45, 7) is 6.42. The molecule has 1 amide bonds. The van der Waals surface area contributed by atoms with E-state index in [1.807, 2.05) is 49.9 Å². The first kappa shape index (κ1) is 20.4. The number of nitrogens with zero attached hydrogens (tertiary/aromatic N) is 1. The van der Waals surface area contributed by atoms with Gasteiger partial charge in [0.15, 0.2) is 11.5 Å². The summed E-state index contributed by atoms with van der Waals surface area (Å²) in [7, 11) is 0. The van der Waals surface area contributed by atoms with Crippen molar-refractivity contribution < 1.29 is 14.3 Å². The predicted octanol–water partition coefficient (Wildman–Crippen LogP) is 6.07. The molecule has 0 saturated carbocycles. The van der Waals surface area contributed by atoms with Gasteiger partial charge < -0.3 is 9.47 Å². The van der Waals surface area contributed by atoms with E-state index in [2.05, 4.69) is 15.9 Å². The van der Waals surface area contributed by atoms with Crippen LogP contribution in [-0.2, 0) is 4.79 Å². The molecule has 2 aromatic rings. The minimum absolute atomic E-state index is 0.0272. The topological polar surface area (TPSA) is 38.8 Å². The molecule has 3 rings (SSSR count). The Balaban J connectivity index is 2.01. The van der Waals surface area contributed by atoms with Gasteiger partial charge in [-0.3, -0.25) is 9.69 Å². The molecule has 2 aromatic carbocycles. The minimum Gasteiger partial charge on any atom is -0.490 e. The summed E-state index contributed by atoms with van der Waals surface area (Å²) >= 11 is 11.2. The van der Waals surface area contributed by atoms with Gasteiger partial charge in [0, 0.05) is 10.7 Å². The normalized spacial score (nSPS) is 16.9. The fourth-order valence-electron chi connectivity index (χ4n) is 2.89. The van der Waals surface area contributed by atoms with E-state index in [-0.39, 0.29) is 17.4 Å². The molecule has 1 aliphatic heterocycles. The van der Waals surface area contributed by atoms with E-state index < -0.39 is 0 Å². The number of amides is 1. The monoisotopic (exact) mass is 469 g/mol. The second-order valence-corrected chi connectivity index (χ2v) is 8.69. The highest BCUT2D eigenvalue weighted by Crippen LogP contribution is 2.46.